The Bertz CT molecular complexity index is 1720. The highest BCUT2D eigenvalue weighted by atomic mass is 19.4. The van der Waals surface area contributed by atoms with E-state index in [9.17, 15) is 14.4 Å². The van der Waals surface area contributed by atoms with Crippen LogP contribution in [-0.4, -0.2) is 48.8 Å². The molecule has 1 N–H and O–H groups in total. The fourth-order valence-corrected chi connectivity index (χ4v) is 7.08. The van der Waals surface area contributed by atoms with Crippen molar-refractivity contribution < 1.29 is 41.8 Å². The van der Waals surface area contributed by atoms with Crippen LogP contribution in [-0.2, 0) is 41.4 Å². The molecule has 0 radical (unpaired) electrons. The van der Waals surface area contributed by atoms with Gasteiger partial charge in [-0.2, -0.15) is 13.2 Å². The quantitative estimate of drug-likeness (QED) is 0.412. The lowest BCUT2D eigenvalue weighted by Crippen LogP contribution is -2.64. The van der Waals surface area contributed by atoms with Crippen molar-refractivity contribution in [1.82, 2.24) is 5.32 Å². The molecular weight excluding hydrogens is 591 g/mol. The summed E-state index contributed by atoms with van der Waals surface area (Å²) >= 11 is 0. The van der Waals surface area contributed by atoms with Gasteiger partial charge in [0.25, 0.3) is 11.8 Å². The average Bonchev–Trinajstić information content (AvgIpc) is 3.54. The van der Waals surface area contributed by atoms with E-state index >= 15 is 18.0 Å². The first kappa shape index (κ1) is 30.3. The number of carbonyl (C=O) groups excluding carboxylic acids is 4. The van der Waals surface area contributed by atoms with E-state index in [2.05, 4.69) is 5.32 Å². The number of hydrogen-bond donors (Lipinski definition) is 1. The molecule has 4 atom stereocenters. The molecule has 0 saturated carbocycles. The van der Waals surface area contributed by atoms with Crippen LogP contribution in [0.5, 0.6) is 0 Å². The van der Waals surface area contributed by atoms with Crippen molar-refractivity contribution in [3.05, 3.63) is 95.6 Å². The zero-order valence-electron chi connectivity index (χ0n) is 24.8. The second-order valence-electron chi connectivity index (χ2n) is 12.3. The number of imide groups is 1. The molecule has 0 aliphatic carbocycles. The molecule has 3 heterocycles. The van der Waals surface area contributed by atoms with Crippen LogP contribution in [0.4, 0.5) is 29.3 Å². The summed E-state index contributed by atoms with van der Waals surface area (Å²) in [4.78, 5) is 59.3. The van der Waals surface area contributed by atoms with E-state index in [1.165, 1.54) is 35.2 Å². The van der Waals surface area contributed by atoms with E-state index in [1.807, 2.05) is 0 Å². The third-order valence-electron chi connectivity index (χ3n) is 8.61. The Kier molecular flexibility index (Phi) is 6.85. The van der Waals surface area contributed by atoms with Gasteiger partial charge in [0.15, 0.2) is 0 Å². The lowest BCUT2D eigenvalue weighted by Gasteiger charge is -2.40. The van der Waals surface area contributed by atoms with Gasteiger partial charge in [-0.3, -0.25) is 19.7 Å². The topological polar surface area (TPSA) is 105 Å². The zero-order chi connectivity index (χ0) is 32.5. The first-order valence-corrected chi connectivity index (χ1v) is 14.2. The summed E-state index contributed by atoms with van der Waals surface area (Å²) in [6.07, 6.45) is -6.29. The normalized spacial score (nSPS) is 25.6. The molecule has 3 aliphatic heterocycles. The van der Waals surface area contributed by atoms with Crippen LogP contribution in [0.15, 0.2) is 78.9 Å². The average molecular weight is 622 g/mol. The number of alkyl halides is 3. The SMILES string of the molecule is COC(=O)[C@H]1[C@H](C(F)(F)F)N[C@]2(C(=O)N(Cc3ccccc3)c3ccccc32)[C@]12C(=O)N(C(=O)OC(C)(C)C)c1ccccc12. The summed E-state index contributed by atoms with van der Waals surface area (Å²) < 4.78 is 55.8. The summed E-state index contributed by atoms with van der Waals surface area (Å²) in [6, 6.07) is 18.0. The minimum absolute atomic E-state index is 0.0403. The third kappa shape index (κ3) is 4.18. The van der Waals surface area contributed by atoms with Gasteiger partial charge < -0.3 is 14.4 Å². The van der Waals surface area contributed by atoms with E-state index in [0.717, 1.165) is 7.11 Å². The number of amides is 3. The predicted molar refractivity (Wildman–Crippen MR) is 156 cm³/mol. The number of nitrogens with one attached hydrogen (secondary N) is 1. The molecule has 0 bridgehead atoms. The second kappa shape index (κ2) is 10.2. The van der Waals surface area contributed by atoms with Gasteiger partial charge in [-0.15, -0.1) is 0 Å². The van der Waals surface area contributed by atoms with Crippen LogP contribution in [0.25, 0.3) is 0 Å². The molecule has 0 unspecified atom stereocenters. The van der Waals surface area contributed by atoms with Crippen molar-refractivity contribution in [2.75, 3.05) is 16.9 Å². The monoisotopic (exact) mass is 621 g/mol. The summed E-state index contributed by atoms with van der Waals surface area (Å²) in [5, 5.41) is 2.49. The summed E-state index contributed by atoms with van der Waals surface area (Å²) in [6.45, 7) is 4.67. The standard InChI is InChI=1S/C33H30F3N3O6/c1-30(2,3)45-29(43)39-23-17-11-8-14-20(23)31(27(39)41)24(26(40)44-4)25(33(34,35)36)37-32(31)21-15-9-10-16-22(21)38(28(32)42)18-19-12-6-5-7-13-19/h5-17,24-25,37H,18H2,1-4H3/t24-,25-,31+,32-/m1/s1. The first-order valence-electron chi connectivity index (χ1n) is 14.2. The van der Waals surface area contributed by atoms with Gasteiger partial charge in [-0.25, -0.2) is 9.69 Å². The number of methoxy groups -OCH3 is 1. The highest BCUT2D eigenvalue weighted by Gasteiger charge is 2.83. The van der Waals surface area contributed by atoms with Crippen LogP contribution in [0.3, 0.4) is 0 Å². The largest absolute Gasteiger partial charge is 0.469 e. The molecule has 234 valence electrons. The summed E-state index contributed by atoms with van der Waals surface area (Å²) in [5.41, 5.74) is -5.41. The molecule has 1 saturated heterocycles. The van der Waals surface area contributed by atoms with E-state index in [4.69, 9.17) is 9.47 Å². The van der Waals surface area contributed by atoms with Crippen LogP contribution >= 0.6 is 0 Å². The molecule has 3 aliphatic rings. The number of rotatable bonds is 3. The lowest BCUT2D eigenvalue weighted by atomic mass is 9.59. The summed E-state index contributed by atoms with van der Waals surface area (Å²) in [5.74, 6) is -5.78. The van der Waals surface area contributed by atoms with E-state index in [-0.39, 0.29) is 29.0 Å². The zero-order valence-corrected chi connectivity index (χ0v) is 24.8. The number of benzene rings is 3. The van der Waals surface area contributed by atoms with Gasteiger partial charge in [-0.1, -0.05) is 66.7 Å². The van der Waals surface area contributed by atoms with Crippen LogP contribution in [0.1, 0.15) is 37.5 Å². The molecule has 9 nitrogen and oxygen atoms in total. The third-order valence-corrected chi connectivity index (χ3v) is 8.61. The molecule has 3 aromatic carbocycles. The number of carbonyl (C=O) groups is 4. The number of halogens is 3. The van der Waals surface area contributed by atoms with E-state index in [0.29, 0.717) is 10.5 Å². The highest BCUT2D eigenvalue weighted by molar-refractivity contribution is 6.27. The Morgan fingerprint density at radius 1 is 0.844 bits per heavy atom. The fourth-order valence-electron chi connectivity index (χ4n) is 7.08. The van der Waals surface area contributed by atoms with Crippen molar-refractivity contribution in [3.8, 4) is 0 Å². The Balaban J connectivity index is 1.69. The van der Waals surface area contributed by atoms with Crippen molar-refractivity contribution in [2.24, 2.45) is 5.92 Å². The van der Waals surface area contributed by atoms with E-state index in [1.54, 1.807) is 69.3 Å². The van der Waals surface area contributed by atoms with Crippen LogP contribution < -0.4 is 15.1 Å². The van der Waals surface area contributed by atoms with Crippen LogP contribution in [0.2, 0.25) is 0 Å². The summed E-state index contributed by atoms with van der Waals surface area (Å²) in [7, 11) is 0.914. The minimum atomic E-state index is -5.13. The van der Waals surface area contributed by atoms with Crippen molar-refractivity contribution in [1.29, 1.82) is 0 Å². The van der Waals surface area contributed by atoms with Gasteiger partial charge in [0.2, 0.25) is 0 Å². The number of ether oxygens (including phenoxy) is 2. The minimum Gasteiger partial charge on any atom is -0.469 e. The number of esters is 1. The van der Waals surface area contributed by atoms with Gasteiger partial charge in [0, 0.05) is 11.3 Å². The van der Waals surface area contributed by atoms with Crippen molar-refractivity contribution >= 4 is 35.3 Å². The molecule has 3 amide bonds. The molecule has 12 heteroatoms. The highest BCUT2D eigenvalue weighted by Crippen LogP contribution is 2.65. The number of anilines is 2. The Morgan fingerprint density at radius 3 is 2.02 bits per heavy atom. The molecule has 2 spiro atoms. The molecule has 45 heavy (non-hydrogen) atoms. The number of fused-ring (bicyclic) bond motifs is 5. The number of para-hydroxylation sites is 2. The molecule has 3 aromatic rings. The fraction of sp³-hybridized carbons (Fsp3) is 0.333. The molecule has 1 fully saturated rings. The van der Waals surface area contributed by atoms with Gasteiger partial charge in [0.1, 0.15) is 28.5 Å². The second-order valence-corrected chi connectivity index (χ2v) is 12.3. The molecular formula is C33H30F3N3O6. The number of hydrogen-bond acceptors (Lipinski definition) is 7. The molecule has 0 aromatic heterocycles. The maximum absolute atomic E-state index is 15.1. The van der Waals surface area contributed by atoms with Crippen LogP contribution in [0, 0.1) is 5.92 Å². The van der Waals surface area contributed by atoms with Gasteiger partial charge in [0.05, 0.1) is 19.3 Å². The predicted octanol–water partition coefficient (Wildman–Crippen LogP) is 4.97. The molecule has 6 rings (SSSR count). The lowest BCUT2D eigenvalue weighted by molar-refractivity contribution is -0.178. The Labute approximate surface area is 256 Å². The van der Waals surface area contributed by atoms with E-state index < -0.39 is 58.6 Å². The Morgan fingerprint density at radius 2 is 1.42 bits per heavy atom. The van der Waals surface area contributed by atoms with Gasteiger partial charge in [-0.05, 0) is 44.0 Å². The van der Waals surface area contributed by atoms with Crippen molar-refractivity contribution in [3.63, 3.8) is 0 Å². The number of nitrogens with zero attached hydrogens (tertiary/aromatic N) is 2. The van der Waals surface area contributed by atoms with Gasteiger partial charge >= 0.3 is 18.2 Å². The first-order chi connectivity index (χ1) is 21.2. The maximum atomic E-state index is 15.1. The maximum Gasteiger partial charge on any atom is 0.421 e. The van der Waals surface area contributed by atoms with Crippen molar-refractivity contribution in [2.45, 2.75) is 56.1 Å². The smallest absolute Gasteiger partial charge is 0.421 e. The Hall–Kier alpha value is -4.71.